The molecule has 0 spiro atoms. The second-order valence-electron chi connectivity index (χ2n) is 6.13. The number of amides is 1. The van der Waals surface area contributed by atoms with Crippen LogP contribution < -0.4 is 8.43 Å². The van der Waals surface area contributed by atoms with E-state index in [4.69, 9.17) is 4.74 Å². The van der Waals surface area contributed by atoms with Crippen molar-refractivity contribution in [3.8, 4) is 0 Å². The summed E-state index contributed by atoms with van der Waals surface area (Å²) in [5.74, 6) is -4.84. The lowest BCUT2D eigenvalue weighted by atomic mass is 9.97. The first-order valence-corrected chi connectivity index (χ1v) is 10.2. The molecule has 29 heavy (non-hydrogen) atoms. The van der Waals surface area contributed by atoms with Gasteiger partial charge in [-0.05, 0) is 24.3 Å². The summed E-state index contributed by atoms with van der Waals surface area (Å²) < 4.78 is 82.0. The molecule has 1 N–H and O–H groups in total. The van der Waals surface area contributed by atoms with Crippen molar-refractivity contribution in [1.29, 1.82) is 0 Å². The maximum Gasteiger partial charge on any atom is 0.418 e. The van der Waals surface area contributed by atoms with Gasteiger partial charge in [-0.25, -0.2) is 11.9 Å². The molecule has 0 saturated carbocycles. The Morgan fingerprint density at radius 2 is 1.97 bits per heavy atom. The lowest BCUT2D eigenvalue weighted by molar-refractivity contribution is -0.118. The Labute approximate surface area is 171 Å². The summed E-state index contributed by atoms with van der Waals surface area (Å²) in [6, 6.07) is 5.36. The van der Waals surface area contributed by atoms with E-state index in [1.54, 1.807) is 6.07 Å². The average molecular weight is 523 g/mol. The number of anilines is 2. The van der Waals surface area contributed by atoms with Crippen LogP contribution in [0.5, 0.6) is 0 Å². The summed E-state index contributed by atoms with van der Waals surface area (Å²) in [7, 11) is 0.926. The molecule has 5 nitrogen and oxygen atoms in total. The SMILES string of the molecule is COC1=C(C(F)(F)F)C(c2cccc(F)c2F)N(c2ccc3c(c2)NI=N3)C1=O. The van der Waals surface area contributed by atoms with E-state index in [-0.39, 0.29) is 5.69 Å². The van der Waals surface area contributed by atoms with Gasteiger partial charge in [-0.2, -0.15) is 13.2 Å². The third-order valence-corrected chi connectivity index (χ3v) is 6.09. The number of ether oxygens (including phenoxy) is 1. The Morgan fingerprint density at radius 1 is 1.21 bits per heavy atom. The molecule has 2 aliphatic rings. The summed E-state index contributed by atoms with van der Waals surface area (Å²) in [6.07, 6.45) is -5.02. The number of carbonyl (C=O) groups excluding carboxylic acids is 1. The lowest BCUT2D eigenvalue weighted by Crippen LogP contribution is -2.32. The van der Waals surface area contributed by atoms with Gasteiger partial charge in [-0.1, -0.05) is 12.1 Å². The minimum atomic E-state index is -5.02. The van der Waals surface area contributed by atoms with Gasteiger partial charge >= 0.3 is 6.18 Å². The van der Waals surface area contributed by atoms with Crippen LogP contribution in [0.25, 0.3) is 0 Å². The van der Waals surface area contributed by atoms with Crippen molar-refractivity contribution in [2.75, 3.05) is 15.5 Å². The maximum atomic E-state index is 14.5. The van der Waals surface area contributed by atoms with Crippen molar-refractivity contribution in [2.45, 2.75) is 12.2 Å². The first-order valence-electron chi connectivity index (χ1n) is 8.11. The van der Waals surface area contributed by atoms with Crippen LogP contribution in [0, 0.1) is 11.6 Å². The quantitative estimate of drug-likeness (QED) is 0.322. The van der Waals surface area contributed by atoms with E-state index in [0.29, 0.717) is 11.4 Å². The maximum absolute atomic E-state index is 14.5. The summed E-state index contributed by atoms with van der Waals surface area (Å²) >= 11 is -0.684. The molecule has 0 aliphatic carbocycles. The van der Waals surface area contributed by atoms with Gasteiger partial charge in [0.15, 0.2) is 17.4 Å². The number of alkyl halides is 3. The summed E-state index contributed by atoms with van der Waals surface area (Å²) in [6.45, 7) is 0. The van der Waals surface area contributed by atoms with Crippen LogP contribution in [0.2, 0.25) is 0 Å². The molecule has 1 unspecified atom stereocenters. The van der Waals surface area contributed by atoms with Crippen LogP contribution in [0.15, 0.2) is 50.9 Å². The standard InChI is InChI=1S/C18H11F5IN3O2/c1-29-16-13(18(21,22)23)15(9-3-2-4-10(19)14(9)20)27(17(16)28)8-5-6-11-12(7-8)26-24-25-11/h2-7,15H,1H3,(H,25,26). The molecule has 11 heteroatoms. The van der Waals surface area contributed by atoms with Crippen LogP contribution in [-0.2, 0) is 9.53 Å². The third kappa shape index (κ3) is 3.16. The molecule has 0 aromatic heterocycles. The number of methoxy groups -OCH3 is 1. The van der Waals surface area contributed by atoms with Gasteiger partial charge in [0, 0.05) is 11.3 Å². The van der Waals surface area contributed by atoms with Gasteiger partial charge in [0.05, 0.1) is 24.5 Å². The first kappa shape index (κ1) is 19.7. The van der Waals surface area contributed by atoms with E-state index in [0.717, 1.165) is 30.2 Å². The highest BCUT2D eigenvalue weighted by Gasteiger charge is 2.54. The second kappa shape index (κ2) is 7.04. The number of benzene rings is 2. The zero-order chi connectivity index (χ0) is 20.9. The lowest BCUT2D eigenvalue weighted by Gasteiger charge is -2.28. The third-order valence-electron chi connectivity index (χ3n) is 4.51. The number of nitrogens with zero attached hydrogens (tertiary/aromatic N) is 2. The molecule has 4 rings (SSSR count). The van der Waals surface area contributed by atoms with E-state index < -0.39 is 68.0 Å². The number of hydrogen-bond donors (Lipinski definition) is 1. The molecule has 2 aliphatic heterocycles. The highest BCUT2D eigenvalue weighted by Crippen LogP contribution is 2.50. The van der Waals surface area contributed by atoms with E-state index in [2.05, 4.69) is 6.68 Å². The van der Waals surface area contributed by atoms with Gasteiger partial charge in [-0.3, -0.25) is 9.69 Å². The molecule has 0 saturated heterocycles. The van der Waals surface area contributed by atoms with E-state index in [1.165, 1.54) is 12.1 Å². The predicted octanol–water partition coefficient (Wildman–Crippen LogP) is 5.64. The van der Waals surface area contributed by atoms with Crippen molar-refractivity contribution in [3.05, 3.63) is 64.9 Å². The van der Waals surface area contributed by atoms with Crippen LogP contribution in [0.4, 0.5) is 39.0 Å². The van der Waals surface area contributed by atoms with E-state index in [1.807, 2.05) is 0 Å². The smallest absolute Gasteiger partial charge is 0.418 e. The number of nitrogens with one attached hydrogen (secondary N) is 1. The Morgan fingerprint density at radius 3 is 2.66 bits per heavy atom. The molecule has 0 fully saturated rings. The number of hydrogen-bond acceptors (Lipinski definition) is 4. The fourth-order valence-corrected chi connectivity index (χ4v) is 4.80. The predicted molar refractivity (Wildman–Crippen MR) is 103 cm³/mol. The van der Waals surface area contributed by atoms with Gasteiger partial charge in [0.1, 0.15) is 26.9 Å². The number of halogens is 6. The van der Waals surface area contributed by atoms with Crippen molar-refractivity contribution in [2.24, 2.45) is 3.15 Å². The van der Waals surface area contributed by atoms with Crippen LogP contribution in [0.3, 0.4) is 0 Å². The average Bonchev–Trinajstić information content (AvgIpc) is 3.24. The number of rotatable bonds is 3. The Bertz CT molecular complexity index is 1080. The van der Waals surface area contributed by atoms with Crippen molar-refractivity contribution < 1.29 is 31.5 Å². The monoisotopic (exact) mass is 523 g/mol. The summed E-state index contributed by atoms with van der Waals surface area (Å²) in [5, 5.41) is 0. The molecule has 152 valence electrons. The minimum absolute atomic E-state index is 0.0739. The van der Waals surface area contributed by atoms with Crippen molar-refractivity contribution >= 4 is 44.3 Å². The highest BCUT2D eigenvalue weighted by molar-refractivity contribution is 14.2. The van der Waals surface area contributed by atoms with Crippen LogP contribution in [0.1, 0.15) is 11.6 Å². The number of fused-ring (bicyclic) bond motifs is 1. The largest absolute Gasteiger partial charge is 0.491 e. The van der Waals surface area contributed by atoms with Gasteiger partial charge in [0.25, 0.3) is 5.91 Å². The van der Waals surface area contributed by atoms with Crippen molar-refractivity contribution in [1.82, 2.24) is 0 Å². The van der Waals surface area contributed by atoms with E-state index in [9.17, 15) is 26.7 Å². The molecule has 1 amide bonds. The van der Waals surface area contributed by atoms with Crippen LogP contribution in [-0.4, -0.2) is 19.2 Å². The highest BCUT2D eigenvalue weighted by atomic mass is 127. The fraction of sp³-hybridized carbons (Fsp3) is 0.167. The van der Waals surface area contributed by atoms with Gasteiger partial charge in [0.2, 0.25) is 0 Å². The molecule has 2 aromatic rings. The molecular weight excluding hydrogens is 512 g/mol. The van der Waals surface area contributed by atoms with Crippen molar-refractivity contribution in [3.63, 3.8) is 0 Å². The second-order valence-corrected chi connectivity index (χ2v) is 7.63. The summed E-state index contributed by atoms with van der Waals surface area (Å²) in [5.41, 5.74) is -0.758. The van der Waals surface area contributed by atoms with Crippen LogP contribution >= 0.6 is 21.3 Å². The normalized spacial score (nSPS) is 18.6. The number of carbonyl (C=O) groups is 1. The Balaban J connectivity index is 1.95. The molecule has 1 atom stereocenters. The zero-order valence-corrected chi connectivity index (χ0v) is 16.7. The zero-order valence-electron chi connectivity index (χ0n) is 14.5. The molecule has 2 heterocycles. The summed E-state index contributed by atoms with van der Waals surface area (Å²) in [4.78, 5) is 13.6. The van der Waals surface area contributed by atoms with Gasteiger partial charge < -0.3 is 8.27 Å². The molecular formula is C18H11F5IN3O2. The molecule has 0 radical (unpaired) electrons. The fourth-order valence-electron chi connectivity index (χ4n) is 3.30. The molecule has 2 aromatic carbocycles. The Kier molecular flexibility index (Phi) is 4.79. The van der Waals surface area contributed by atoms with Gasteiger partial charge in [-0.15, -0.1) is 0 Å². The van der Waals surface area contributed by atoms with E-state index >= 15 is 0 Å². The Hall–Kier alpha value is -2.57. The molecule has 0 bridgehead atoms. The first-order chi connectivity index (χ1) is 13.7. The topological polar surface area (TPSA) is 53.9 Å². The minimum Gasteiger partial charge on any atom is -0.491 e.